The third-order valence-electron chi connectivity index (χ3n) is 3.89. The molecule has 1 atom stereocenters. The van der Waals surface area contributed by atoms with Crippen molar-refractivity contribution in [2.24, 2.45) is 5.92 Å². The summed E-state index contributed by atoms with van der Waals surface area (Å²) in [7, 11) is -3.32. The summed E-state index contributed by atoms with van der Waals surface area (Å²) in [6.45, 7) is 8.53. The van der Waals surface area contributed by atoms with Crippen LogP contribution in [0.3, 0.4) is 0 Å². The quantitative estimate of drug-likeness (QED) is 0.808. The first-order valence-electron chi connectivity index (χ1n) is 7.64. The van der Waals surface area contributed by atoms with Gasteiger partial charge in [0.25, 0.3) is 10.2 Å². The van der Waals surface area contributed by atoms with Crippen molar-refractivity contribution in [3.05, 3.63) is 17.5 Å². The summed E-state index contributed by atoms with van der Waals surface area (Å²) < 4.78 is 30.6. The topological polar surface area (TPSA) is 67.2 Å². The van der Waals surface area contributed by atoms with E-state index in [4.69, 9.17) is 0 Å². The van der Waals surface area contributed by atoms with Gasteiger partial charge in [-0.25, -0.2) is 4.72 Å². The summed E-state index contributed by atoms with van der Waals surface area (Å²) in [6.07, 6.45) is 2.81. The van der Waals surface area contributed by atoms with Crippen LogP contribution in [0.25, 0.3) is 0 Å². The molecule has 1 aliphatic rings. The first-order chi connectivity index (χ1) is 9.88. The molecule has 1 aromatic heterocycles. The number of aryl methyl sites for hydroxylation is 3. The molecule has 21 heavy (non-hydrogen) atoms. The van der Waals surface area contributed by atoms with E-state index >= 15 is 0 Å². The first kappa shape index (κ1) is 16.5. The van der Waals surface area contributed by atoms with Crippen LogP contribution in [-0.4, -0.2) is 42.1 Å². The largest absolute Gasteiger partial charge is 0.279 e. The standard InChI is InChI=1S/C14H26N4O2S/c1-12-6-4-8-17(11-12)21(19,20)15-7-5-9-18-14(3)10-13(2)16-18/h10,12,15H,4-9,11H2,1-3H3. The fraction of sp³-hybridized carbons (Fsp3) is 0.786. The van der Waals surface area contributed by atoms with E-state index in [2.05, 4.69) is 16.7 Å². The Labute approximate surface area is 127 Å². The number of rotatable bonds is 6. The molecule has 2 heterocycles. The number of piperidine rings is 1. The third-order valence-corrected chi connectivity index (χ3v) is 5.47. The number of nitrogens with one attached hydrogen (secondary N) is 1. The molecule has 0 saturated carbocycles. The van der Waals surface area contributed by atoms with Gasteiger partial charge in [-0.2, -0.15) is 17.8 Å². The Bertz CT molecular complexity index is 568. The van der Waals surface area contributed by atoms with E-state index in [1.165, 1.54) is 0 Å². The Morgan fingerprint density at radius 2 is 2.19 bits per heavy atom. The maximum absolute atomic E-state index is 12.2. The molecule has 1 N–H and O–H groups in total. The summed E-state index contributed by atoms with van der Waals surface area (Å²) in [5, 5.41) is 4.37. The molecule has 1 fully saturated rings. The number of nitrogens with zero attached hydrogens (tertiary/aromatic N) is 3. The number of hydrogen-bond acceptors (Lipinski definition) is 3. The third kappa shape index (κ3) is 4.52. The zero-order valence-corrected chi connectivity index (χ0v) is 14.0. The van der Waals surface area contributed by atoms with Crippen LogP contribution in [0.4, 0.5) is 0 Å². The zero-order valence-electron chi connectivity index (χ0n) is 13.2. The van der Waals surface area contributed by atoms with E-state index in [0.717, 1.165) is 37.2 Å². The second kappa shape index (κ2) is 6.89. The lowest BCUT2D eigenvalue weighted by Gasteiger charge is -2.29. The van der Waals surface area contributed by atoms with Crippen LogP contribution in [0.2, 0.25) is 0 Å². The Morgan fingerprint density at radius 3 is 2.81 bits per heavy atom. The van der Waals surface area contributed by atoms with Crippen LogP contribution >= 0.6 is 0 Å². The van der Waals surface area contributed by atoms with Gasteiger partial charge in [0.05, 0.1) is 5.69 Å². The van der Waals surface area contributed by atoms with E-state index in [-0.39, 0.29) is 0 Å². The van der Waals surface area contributed by atoms with Crippen molar-refractivity contribution in [3.63, 3.8) is 0 Å². The SMILES string of the molecule is Cc1cc(C)n(CCCNS(=O)(=O)N2CCCC(C)C2)n1. The van der Waals surface area contributed by atoms with E-state index in [1.54, 1.807) is 4.31 Å². The Balaban J connectivity index is 1.78. The van der Waals surface area contributed by atoms with Crippen LogP contribution in [0.15, 0.2) is 6.07 Å². The lowest BCUT2D eigenvalue weighted by Crippen LogP contribution is -2.45. The summed E-state index contributed by atoms with van der Waals surface area (Å²) in [5.74, 6) is 0.449. The van der Waals surface area contributed by atoms with Crippen molar-refractivity contribution < 1.29 is 8.42 Å². The minimum atomic E-state index is -3.32. The highest BCUT2D eigenvalue weighted by molar-refractivity contribution is 7.87. The van der Waals surface area contributed by atoms with Gasteiger partial charge in [-0.05, 0) is 45.1 Å². The molecule has 1 saturated heterocycles. The second-order valence-corrected chi connectivity index (χ2v) is 7.76. The van der Waals surface area contributed by atoms with E-state index in [0.29, 0.717) is 25.6 Å². The van der Waals surface area contributed by atoms with Crippen molar-refractivity contribution in [1.29, 1.82) is 0 Å². The zero-order chi connectivity index (χ0) is 15.5. The first-order valence-corrected chi connectivity index (χ1v) is 9.08. The summed E-state index contributed by atoms with van der Waals surface area (Å²) in [5.41, 5.74) is 2.11. The van der Waals surface area contributed by atoms with E-state index in [1.807, 2.05) is 24.6 Å². The van der Waals surface area contributed by atoms with Crippen LogP contribution in [-0.2, 0) is 16.8 Å². The fourth-order valence-electron chi connectivity index (χ4n) is 2.79. The predicted octanol–water partition coefficient (Wildman–Crippen LogP) is 1.46. The van der Waals surface area contributed by atoms with Gasteiger partial charge < -0.3 is 0 Å². The molecule has 120 valence electrons. The molecule has 0 aromatic carbocycles. The monoisotopic (exact) mass is 314 g/mol. The maximum Gasteiger partial charge on any atom is 0.279 e. The molecule has 7 heteroatoms. The molecular formula is C14H26N4O2S. The lowest BCUT2D eigenvalue weighted by molar-refractivity contribution is 0.278. The van der Waals surface area contributed by atoms with E-state index < -0.39 is 10.2 Å². The molecule has 0 amide bonds. The van der Waals surface area contributed by atoms with Gasteiger partial charge in [0.15, 0.2) is 0 Å². The van der Waals surface area contributed by atoms with Gasteiger partial charge in [-0.3, -0.25) is 4.68 Å². The normalized spacial score (nSPS) is 20.8. The Hall–Kier alpha value is -0.920. The molecule has 0 radical (unpaired) electrons. The molecule has 1 aromatic rings. The van der Waals surface area contributed by atoms with Crippen molar-refractivity contribution >= 4 is 10.2 Å². The number of hydrogen-bond donors (Lipinski definition) is 1. The highest BCUT2D eigenvalue weighted by Gasteiger charge is 2.26. The Morgan fingerprint density at radius 1 is 1.43 bits per heavy atom. The highest BCUT2D eigenvalue weighted by atomic mass is 32.2. The van der Waals surface area contributed by atoms with Crippen molar-refractivity contribution in [2.45, 2.75) is 46.6 Å². The van der Waals surface area contributed by atoms with Crippen molar-refractivity contribution in [2.75, 3.05) is 19.6 Å². The molecule has 2 rings (SSSR count). The van der Waals surface area contributed by atoms with Crippen LogP contribution < -0.4 is 4.72 Å². The van der Waals surface area contributed by atoms with Gasteiger partial charge in [-0.1, -0.05) is 6.92 Å². The Kier molecular flexibility index (Phi) is 5.40. The fourth-order valence-corrected chi connectivity index (χ4v) is 4.19. The van der Waals surface area contributed by atoms with Gasteiger partial charge in [0.1, 0.15) is 0 Å². The average Bonchev–Trinajstić information content (AvgIpc) is 2.73. The van der Waals surface area contributed by atoms with Crippen molar-refractivity contribution in [3.8, 4) is 0 Å². The minimum absolute atomic E-state index is 0.449. The van der Waals surface area contributed by atoms with E-state index in [9.17, 15) is 8.42 Å². The van der Waals surface area contributed by atoms with Crippen molar-refractivity contribution in [1.82, 2.24) is 18.8 Å². The molecule has 1 aliphatic heterocycles. The van der Waals surface area contributed by atoms with Crippen LogP contribution in [0.1, 0.15) is 37.6 Å². The highest BCUT2D eigenvalue weighted by Crippen LogP contribution is 2.17. The lowest BCUT2D eigenvalue weighted by atomic mass is 10.0. The smallest absolute Gasteiger partial charge is 0.270 e. The predicted molar refractivity (Wildman–Crippen MR) is 83.2 cm³/mol. The van der Waals surface area contributed by atoms with Gasteiger partial charge >= 0.3 is 0 Å². The summed E-state index contributed by atoms with van der Waals surface area (Å²) >= 11 is 0. The second-order valence-electron chi connectivity index (χ2n) is 6.01. The number of aromatic nitrogens is 2. The van der Waals surface area contributed by atoms with Gasteiger partial charge in [-0.15, -0.1) is 0 Å². The minimum Gasteiger partial charge on any atom is -0.270 e. The molecule has 0 spiro atoms. The molecule has 0 bridgehead atoms. The van der Waals surface area contributed by atoms with Crippen LogP contribution in [0, 0.1) is 19.8 Å². The van der Waals surface area contributed by atoms with Gasteiger partial charge in [0, 0.05) is 31.9 Å². The molecule has 6 nitrogen and oxygen atoms in total. The van der Waals surface area contributed by atoms with Crippen LogP contribution in [0.5, 0.6) is 0 Å². The molecule has 1 unspecified atom stereocenters. The molecular weight excluding hydrogens is 288 g/mol. The van der Waals surface area contributed by atoms with Gasteiger partial charge in [0.2, 0.25) is 0 Å². The molecule has 0 aliphatic carbocycles. The summed E-state index contributed by atoms with van der Waals surface area (Å²) in [6, 6.07) is 2.03. The maximum atomic E-state index is 12.2. The summed E-state index contributed by atoms with van der Waals surface area (Å²) in [4.78, 5) is 0. The average molecular weight is 314 g/mol.